The third kappa shape index (κ3) is 2.96. The molecule has 2 fully saturated rings. The zero-order valence-corrected chi connectivity index (χ0v) is 15.1. The van der Waals surface area contributed by atoms with Crippen molar-refractivity contribution < 1.29 is 10.0 Å². The van der Waals surface area contributed by atoms with E-state index in [0.717, 1.165) is 49.1 Å². The number of hydrogen-bond acceptors (Lipinski definition) is 5. The van der Waals surface area contributed by atoms with Crippen LogP contribution in [0, 0.1) is 5.92 Å². The number of rotatable bonds is 4. The van der Waals surface area contributed by atoms with Crippen molar-refractivity contribution in [2.75, 3.05) is 13.6 Å². The molecule has 1 aromatic heterocycles. The molecule has 6 nitrogen and oxygen atoms in total. The number of aromatic nitrogens is 1. The maximum Gasteiger partial charge on any atom is 0.276 e. The fourth-order valence-electron chi connectivity index (χ4n) is 5.20. The van der Waals surface area contributed by atoms with Gasteiger partial charge in [0.25, 0.3) is 5.91 Å². The molecule has 1 aromatic rings. The van der Waals surface area contributed by atoms with E-state index in [4.69, 9.17) is 5.21 Å². The molecule has 3 aliphatic rings. The Kier molecular flexibility index (Phi) is 4.52. The lowest BCUT2D eigenvalue weighted by atomic mass is 9.92. The van der Waals surface area contributed by atoms with E-state index in [0.29, 0.717) is 17.6 Å². The first kappa shape index (κ1) is 16.9. The SMILES string of the molecule is CC[C@H]1Cc2ncc(C(=O)NO)cc2CN1C[C@H]1C2CCC(C2)N1C. The third-order valence-corrected chi connectivity index (χ3v) is 6.72. The molecule has 1 saturated heterocycles. The second-order valence-electron chi connectivity index (χ2n) is 7.93. The van der Waals surface area contributed by atoms with Gasteiger partial charge in [0.2, 0.25) is 0 Å². The molecule has 0 radical (unpaired) electrons. The van der Waals surface area contributed by atoms with Gasteiger partial charge in [-0.25, -0.2) is 5.48 Å². The molecule has 4 rings (SSSR count). The van der Waals surface area contributed by atoms with Gasteiger partial charge in [-0.2, -0.15) is 0 Å². The van der Waals surface area contributed by atoms with Gasteiger partial charge in [-0.1, -0.05) is 6.92 Å². The summed E-state index contributed by atoms with van der Waals surface area (Å²) in [4.78, 5) is 21.4. The molecule has 4 atom stereocenters. The summed E-state index contributed by atoms with van der Waals surface area (Å²) >= 11 is 0. The van der Waals surface area contributed by atoms with Crippen molar-refractivity contribution in [3.63, 3.8) is 0 Å². The minimum atomic E-state index is -0.493. The lowest BCUT2D eigenvalue weighted by Crippen LogP contribution is -2.50. The van der Waals surface area contributed by atoms with Crippen LogP contribution in [-0.2, 0) is 13.0 Å². The number of nitrogens with one attached hydrogen (secondary N) is 1. The molecule has 2 unspecified atom stereocenters. The van der Waals surface area contributed by atoms with Crippen LogP contribution in [0.2, 0.25) is 0 Å². The largest absolute Gasteiger partial charge is 0.299 e. The van der Waals surface area contributed by atoms with Crippen LogP contribution in [0.25, 0.3) is 0 Å². The first-order chi connectivity index (χ1) is 12.1. The van der Waals surface area contributed by atoms with E-state index in [1.165, 1.54) is 19.3 Å². The van der Waals surface area contributed by atoms with Crippen molar-refractivity contribution in [3.8, 4) is 0 Å². The fourth-order valence-corrected chi connectivity index (χ4v) is 5.20. The van der Waals surface area contributed by atoms with E-state index in [1.54, 1.807) is 11.7 Å². The second-order valence-corrected chi connectivity index (χ2v) is 7.93. The zero-order valence-electron chi connectivity index (χ0n) is 15.1. The van der Waals surface area contributed by atoms with Gasteiger partial charge in [-0.15, -0.1) is 0 Å². The maximum atomic E-state index is 11.7. The van der Waals surface area contributed by atoms with Crippen LogP contribution in [-0.4, -0.2) is 57.6 Å². The molecule has 136 valence electrons. The molecule has 0 aromatic carbocycles. The molecule has 2 aliphatic heterocycles. The van der Waals surface area contributed by atoms with Crippen LogP contribution in [0.5, 0.6) is 0 Å². The predicted molar refractivity (Wildman–Crippen MR) is 94.4 cm³/mol. The monoisotopic (exact) mass is 344 g/mol. The number of carbonyl (C=O) groups excluding carboxylic acids is 1. The van der Waals surface area contributed by atoms with E-state index in [1.807, 2.05) is 6.07 Å². The van der Waals surface area contributed by atoms with Crippen molar-refractivity contribution >= 4 is 5.91 Å². The molecule has 0 spiro atoms. The van der Waals surface area contributed by atoms with Crippen LogP contribution < -0.4 is 5.48 Å². The van der Waals surface area contributed by atoms with Gasteiger partial charge < -0.3 is 0 Å². The van der Waals surface area contributed by atoms with Crippen molar-refractivity contribution in [2.45, 2.75) is 63.7 Å². The number of piperidine rings is 1. The van der Waals surface area contributed by atoms with Crippen molar-refractivity contribution in [3.05, 3.63) is 29.1 Å². The zero-order chi connectivity index (χ0) is 17.6. The van der Waals surface area contributed by atoms with E-state index >= 15 is 0 Å². The Morgan fingerprint density at radius 2 is 2.28 bits per heavy atom. The van der Waals surface area contributed by atoms with Crippen LogP contribution >= 0.6 is 0 Å². The minimum Gasteiger partial charge on any atom is -0.299 e. The van der Waals surface area contributed by atoms with Crippen LogP contribution in [0.1, 0.15) is 54.2 Å². The lowest BCUT2D eigenvalue weighted by Gasteiger charge is -2.41. The van der Waals surface area contributed by atoms with Crippen LogP contribution in [0.3, 0.4) is 0 Å². The topological polar surface area (TPSA) is 68.7 Å². The lowest BCUT2D eigenvalue weighted by molar-refractivity contribution is 0.0704. The number of amides is 1. The molecule has 25 heavy (non-hydrogen) atoms. The summed E-state index contributed by atoms with van der Waals surface area (Å²) in [6.07, 6.45) is 7.73. The quantitative estimate of drug-likeness (QED) is 0.644. The highest BCUT2D eigenvalue weighted by molar-refractivity contribution is 5.93. The Morgan fingerprint density at radius 3 is 2.96 bits per heavy atom. The van der Waals surface area contributed by atoms with E-state index < -0.39 is 5.91 Å². The Morgan fingerprint density at radius 1 is 1.44 bits per heavy atom. The second kappa shape index (κ2) is 6.67. The molecule has 2 bridgehead atoms. The normalized spacial score (nSPS) is 32.0. The van der Waals surface area contributed by atoms with Crippen LogP contribution in [0.4, 0.5) is 0 Å². The van der Waals surface area contributed by atoms with Gasteiger partial charge in [-0.3, -0.25) is 24.8 Å². The number of carbonyl (C=O) groups is 1. The first-order valence-electron chi connectivity index (χ1n) is 9.49. The first-order valence-corrected chi connectivity index (χ1v) is 9.49. The van der Waals surface area contributed by atoms with Gasteiger partial charge in [0.15, 0.2) is 0 Å². The van der Waals surface area contributed by atoms with Gasteiger partial charge in [0, 0.05) is 49.5 Å². The minimum absolute atomic E-state index is 0.424. The van der Waals surface area contributed by atoms with E-state index in [9.17, 15) is 4.79 Å². The summed E-state index contributed by atoms with van der Waals surface area (Å²) in [5.74, 6) is 0.353. The summed E-state index contributed by atoms with van der Waals surface area (Å²) in [6, 6.07) is 3.85. The van der Waals surface area contributed by atoms with Gasteiger partial charge in [-0.05, 0) is 50.3 Å². The molecular formula is C19H28N4O2. The molecule has 1 aliphatic carbocycles. The predicted octanol–water partition coefficient (Wildman–Crippen LogP) is 1.82. The van der Waals surface area contributed by atoms with Gasteiger partial charge in [0.05, 0.1) is 5.56 Å². The highest BCUT2D eigenvalue weighted by Gasteiger charge is 2.45. The Labute approximate surface area is 149 Å². The molecular weight excluding hydrogens is 316 g/mol. The Balaban J connectivity index is 1.54. The average molecular weight is 344 g/mol. The number of fused-ring (bicyclic) bond motifs is 3. The summed E-state index contributed by atoms with van der Waals surface area (Å²) in [6.45, 7) is 4.20. The average Bonchev–Trinajstić information content (AvgIpc) is 3.23. The smallest absolute Gasteiger partial charge is 0.276 e. The fraction of sp³-hybridized carbons (Fsp3) is 0.684. The van der Waals surface area contributed by atoms with Crippen molar-refractivity contribution in [2.24, 2.45) is 5.92 Å². The standard InChI is InChI=1S/C19H28N4O2/c1-3-15-8-17-14(6-13(9-20-17)19(24)21-25)10-23(15)11-18-12-4-5-16(7-12)22(18)2/h6,9,12,15-16,18,25H,3-5,7-8,10-11H2,1-2H3,(H,21,24)/t12?,15-,16?,18-/m0/s1. The molecule has 1 saturated carbocycles. The Hall–Kier alpha value is -1.50. The highest BCUT2D eigenvalue weighted by Crippen LogP contribution is 2.42. The molecule has 6 heteroatoms. The Bertz CT molecular complexity index is 663. The number of likely N-dealkylation sites (tertiary alicyclic amines) is 1. The maximum absolute atomic E-state index is 11.7. The number of hydrogen-bond donors (Lipinski definition) is 2. The summed E-state index contributed by atoms with van der Waals surface area (Å²) in [5.41, 5.74) is 4.35. The van der Waals surface area contributed by atoms with Crippen LogP contribution in [0.15, 0.2) is 12.3 Å². The van der Waals surface area contributed by atoms with Crippen molar-refractivity contribution in [1.29, 1.82) is 0 Å². The summed E-state index contributed by atoms with van der Waals surface area (Å²) < 4.78 is 0. The van der Waals surface area contributed by atoms with Crippen molar-refractivity contribution in [1.82, 2.24) is 20.3 Å². The van der Waals surface area contributed by atoms with Gasteiger partial charge >= 0.3 is 0 Å². The van der Waals surface area contributed by atoms with E-state index in [-0.39, 0.29) is 0 Å². The number of hydroxylamine groups is 1. The number of pyridine rings is 1. The highest BCUT2D eigenvalue weighted by atomic mass is 16.5. The summed E-state index contributed by atoms with van der Waals surface area (Å²) in [5, 5.41) is 8.86. The van der Waals surface area contributed by atoms with E-state index in [2.05, 4.69) is 28.8 Å². The molecule has 1 amide bonds. The number of nitrogens with zero attached hydrogens (tertiary/aromatic N) is 3. The molecule has 3 heterocycles. The number of likely N-dealkylation sites (N-methyl/N-ethyl adjacent to an activating group) is 1. The summed E-state index contributed by atoms with van der Waals surface area (Å²) in [7, 11) is 2.29. The third-order valence-electron chi connectivity index (χ3n) is 6.72. The van der Waals surface area contributed by atoms with Gasteiger partial charge in [0.1, 0.15) is 0 Å². The molecule has 2 N–H and O–H groups in total.